The number of sulfone groups is 1. The largest absolute Gasteiger partial charge is 0.328 e. The Morgan fingerprint density at radius 3 is 2.07 bits per heavy atom. The Bertz CT molecular complexity index is 293. The van der Waals surface area contributed by atoms with Gasteiger partial charge in [0.05, 0.1) is 10.5 Å². The van der Waals surface area contributed by atoms with Crippen molar-refractivity contribution in [2.45, 2.75) is 61.5 Å². The Morgan fingerprint density at radius 1 is 0.929 bits per heavy atom. The highest BCUT2D eigenvalue weighted by atomic mass is 32.2. The molecule has 0 radical (unpaired) electrons. The maximum Gasteiger partial charge on any atom is 0.156 e. The predicted octanol–water partition coefficient (Wildman–Crippen LogP) is 1.22. The fourth-order valence-electron chi connectivity index (χ4n) is 2.76. The molecule has 0 amide bonds. The van der Waals surface area contributed by atoms with E-state index in [9.17, 15) is 8.42 Å². The Balaban J connectivity index is 2.07. The highest BCUT2D eigenvalue weighted by Gasteiger charge is 2.38. The molecule has 0 heterocycles. The van der Waals surface area contributed by atoms with Gasteiger partial charge in [-0.15, -0.1) is 0 Å². The normalized spacial score (nSPS) is 35.2. The van der Waals surface area contributed by atoms with Gasteiger partial charge in [0.2, 0.25) is 0 Å². The zero-order valence-electron chi connectivity index (χ0n) is 8.48. The van der Waals surface area contributed by atoms with Crippen LogP contribution in [0, 0.1) is 0 Å². The van der Waals surface area contributed by atoms with Crippen molar-refractivity contribution in [1.29, 1.82) is 0 Å². The molecular formula is C10H19NO2S. The summed E-state index contributed by atoms with van der Waals surface area (Å²) < 4.78 is 24.3. The Morgan fingerprint density at radius 2 is 1.57 bits per heavy atom. The van der Waals surface area contributed by atoms with Gasteiger partial charge in [-0.2, -0.15) is 0 Å². The van der Waals surface area contributed by atoms with E-state index in [1.165, 1.54) is 0 Å². The van der Waals surface area contributed by atoms with E-state index in [0.717, 1.165) is 38.5 Å². The minimum Gasteiger partial charge on any atom is -0.328 e. The van der Waals surface area contributed by atoms with Crippen LogP contribution in [0.3, 0.4) is 0 Å². The lowest BCUT2D eigenvalue weighted by atomic mass is 10.3. The van der Waals surface area contributed by atoms with Gasteiger partial charge in [-0.1, -0.05) is 12.8 Å². The van der Waals surface area contributed by atoms with Crippen LogP contribution in [-0.4, -0.2) is 25.0 Å². The first-order valence-electron chi connectivity index (χ1n) is 5.59. The molecule has 0 aromatic rings. The summed E-state index contributed by atoms with van der Waals surface area (Å²) in [5.41, 5.74) is 5.76. The van der Waals surface area contributed by atoms with E-state index in [2.05, 4.69) is 0 Å². The standard InChI is InChI=1S/C10H19NO2S/c11-8-5-6-10(7-8)14(12,13)9-3-1-2-4-9/h8-10H,1-7,11H2. The highest BCUT2D eigenvalue weighted by molar-refractivity contribution is 7.92. The molecule has 2 fully saturated rings. The first-order chi connectivity index (χ1) is 6.60. The maximum absolute atomic E-state index is 12.1. The molecule has 2 aliphatic carbocycles. The number of nitrogens with two attached hydrogens (primary N) is 1. The van der Waals surface area contributed by atoms with Crippen LogP contribution < -0.4 is 5.73 Å². The third kappa shape index (κ3) is 1.82. The molecule has 0 saturated heterocycles. The fraction of sp³-hybridized carbons (Fsp3) is 1.00. The van der Waals surface area contributed by atoms with Crippen LogP contribution in [0.15, 0.2) is 0 Å². The fourth-order valence-corrected chi connectivity index (χ4v) is 5.28. The molecule has 0 bridgehead atoms. The molecule has 2 rings (SSSR count). The summed E-state index contributed by atoms with van der Waals surface area (Å²) in [5.74, 6) is 0. The minimum atomic E-state index is -2.85. The summed E-state index contributed by atoms with van der Waals surface area (Å²) in [6.45, 7) is 0. The lowest BCUT2D eigenvalue weighted by Gasteiger charge is -2.16. The molecule has 2 atom stereocenters. The third-order valence-electron chi connectivity index (χ3n) is 3.66. The van der Waals surface area contributed by atoms with Crippen molar-refractivity contribution in [2.24, 2.45) is 5.73 Å². The molecule has 82 valence electrons. The molecule has 2 unspecified atom stereocenters. The molecule has 0 aromatic carbocycles. The van der Waals surface area contributed by atoms with Gasteiger partial charge in [0, 0.05) is 6.04 Å². The van der Waals surface area contributed by atoms with E-state index in [-0.39, 0.29) is 16.5 Å². The van der Waals surface area contributed by atoms with E-state index in [1.807, 2.05) is 0 Å². The van der Waals surface area contributed by atoms with Crippen molar-refractivity contribution in [2.75, 3.05) is 0 Å². The van der Waals surface area contributed by atoms with Gasteiger partial charge < -0.3 is 5.73 Å². The van der Waals surface area contributed by atoms with Crippen molar-refractivity contribution in [3.05, 3.63) is 0 Å². The molecule has 2 saturated carbocycles. The van der Waals surface area contributed by atoms with Gasteiger partial charge in [-0.3, -0.25) is 0 Å². The molecule has 14 heavy (non-hydrogen) atoms. The summed E-state index contributed by atoms with van der Waals surface area (Å²) in [6, 6.07) is 0.121. The summed E-state index contributed by atoms with van der Waals surface area (Å²) in [4.78, 5) is 0. The van der Waals surface area contributed by atoms with Crippen LogP contribution in [0.1, 0.15) is 44.9 Å². The molecule has 0 aliphatic heterocycles. The summed E-state index contributed by atoms with van der Waals surface area (Å²) in [6.07, 6.45) is 6.31. The van der Waals surface area contributed by atoms with Gasteiger partial charge in [-0.05, 0) is 32.1 Å². The SMILES string of the molecule is NC1CCC(S(=O)(=O)C2CCCC2)C1. The van der Waals surface area contributed by atoms with Crippen LogP contribution in [0.25, 0.3) is 0 Å². The second kappa shape index (κ2) is 3.81. The molecule has 2 aliphatic rings. The van der Waals surface area contributed by atoms with Crippen LogP contribution in [-0.2, 0) is 9.84 Å². The lowest BCUT2D eigenvalue weighted by molar-refractivity contribution is 0.561. The van der Waals surface area contributed by atoms with E-state index in [0.29, 0.717) is 6.42 Å². The number of hydrogen-bond donors (Lipinski definition) is 1. The molecule has 0 aromatic heterocycles. The van der Waals surface area contributed by atoms with Gasteiger partial charge >= 0.3 is 0 Å². The Labute approximate surface area is 86.0 Å². The Kier molecular flexibility index (Phi) is 2.84. The van der Waals surface area contributed by atoms with Gasteiger partial charge in [0.25, 0.3) is 0 Å². The third-order valence-corrected chi connectivity index (χ3v) is 6.41. The van der Waals surface area contributed by atoms with Crippen molar-refractivity contribution >= 4 is 9.84 Å². The van der Waals surface area contributed by atoms with Crippen LogP contribution >= 0.6 is 0 Å². The second-order valence-corrected chi connectivity index (χ2v) is 7.20. The van der Waals surface area contributed by atoms with E-state index in [4.69, 9.17) is 5.73 Å². The molecule has 2 N–H and O–H groups in total. The van der Waals surface area contributed by atoms with E-state index < -0.39 is 9.84 Å². The maximum atomic E-state index is 12.1. The summed E-state index contributed by atoms with van der Waals surface area (Å²) in [7, 11) is -2.85. The molecule has 0 spiro atoms. The quantitative estimate of drug-likeness (QED) is 0.756. The van der Waals surface area contributed by atoms with E-state index >= 15 is 0 Å². The first-order valence-corrected chi connectivity index (χ1v) is 7.20. The Hall–Kier alpha value is -0.0900. The number of hydrogen-bond acceptors (Lipinski definition) is 3. The second-order valence-electron chi connectivity index (χ2n) is 4.69. The number of rotatable bonds is 2. The van der Waals surface area contributed by atoms with Crippen molar-refractivity contribution in [3.8, 4) is 0 Å². The van der Waals surface area contributed by atoms with Crippen molar-refractivity contribution < 1.29 is 8.42 Å². The average Bonchev–Trinajstić information content (AvgIpc) is 2.72. The van der Waals surface area contributed by atoms with E-state index in [1.54, 1.807) is 0 Å². The topological polar surface area (TPSA) is 60.2 Å². The van der Waals surface area contributed by atoms with Crippen molar-refractivity contribution in [1.82, 2.24) is 0 Å². The average molecular weight is 217 g/mol. The van der Waals surface area contributed by atoms with Gasteiger partial charge in [0.15, 0.2) is 9.84 Å². The van der Waals surface area contributed by atoms with Gasteiger partial charge in [-0.25, -0.2) is 8.42 Å². The van der Waals surface area contributed by atoms with Crippen LogP contribution in [0.4, 0.5) is 0 Å². The predicted molar refractivity (Wildman–Crippen MR) is 56.8 cm³/mol. The zero-order valence-corrected chi connectivity index (χ0v) is 9.30. The zero-order chi connectivity index (χ0) is 10.2. The lowest BCUT2D eigenvalue weighted by Crippen LogP contribution is -2.30. The first kappa shape index (κ1) is 10.4. The highest BCUT2D eigenvalue weighted by Crippen LogP contribution is 2.33. The minimum absolute atomic E-state index is 0.0437. The summed E-state index contributed by atoms with van der Waals surface area (Å²) in [5, 5.41) is -0.168. The molecule has 3 nitrogen and oxygen atoms in total. The smallest absolute Gasteiger partial charge is 0.156 e. The molecular weight excluding hydrogens is 198 g/mol. The van der Waals surface area contributed by atoms with Crippen LogP contribution in [0.5, 0.6) is 0 Å². The monoisotopic (exact) mass is 217 g/mol. The summed E-state index contributed by atoms with van der Waals surface area (Å²) >= 11 is 0. The van der Waals surface area contributed by atoms with Crippen molar-refractivity contribution in [3.63, 3.8) is 0 Å². The van der Waals surface area contributed by atoms with Gasteiger partial charge in [0.1, 0.15) is 0 Å². The van der Waals surface area contributed by atoms with Crippen LogP contribution in [0.2, 0.25) is 0 Å². The molecule has 4 heteroatoms.